The van der Waals surface area contributed by atoms with Gasteiger partial charge in [-0.15, -0.1) is 0 Å². The Morgan fingerprint density at radius 1 is 0.774 bits per heavy atom. The van der Waals surface area contributed by atoms with Crippen LogP contribution in [0.15, 0.2) is 83.8 Å². The van der Waals surface area contributed by atoms with Crippen LogP contribution in [-0.2, 0) is 22.9 Å². The van der Waals surface area contributed by atoms with Crippen molar-refractivity contribution in [3.05, 3.63) is 101 Å². The molecule has 0 bridgehead atoms. The first kappa shape index (κ1) is 23.2. The molecule has 0 aliphatic rings. The van der Waals surface area contributed by atoms with Gasteiger partial charge < -0.3 is 5.73 Å². The highest BCUT2D eigenvalue weighted by Crippen LogP contribution is 2.29. The summed E-state index contributed by atoms with van der Waals surface area (Å²) in [5.41, 5.74) is 10.4. The SMILES string of the molecule is CCCc1cc(CCC)cc(S(=O)(=O)NC(c2ccccc2)C(N)c2ccccc2)c1. The fraction of sp³-hybridized carbons (Fsp3) is 0.308. The maximum absolute atomic E-state index is 13.5. The summed E-state index contributed by atoms with van der Waals surface area (Å²) in [5, 5.41) is 0. The largest absolute Gasteiger partial charge is 0.322 e. The van der Waals surface area contributed by atoms with Gasteiger partial charge in [-0.1, -0.05) is 93.4 Å². The molecule has 2 atom stereocenters. The van der Waals surface area contributed by atoms with Crippen molar-refractivity contribution in [2.24, 2.45) is 5.73 Å². The maximum atomic E-state index is 13.5. The van der Waals surface area contributed by atoms with Crippen molar-refractivity contribution in [2.45, 2.75) is 56.5 Å². The van der Waals surface area contributed by atoms with E-state index in [4.69, 9.17) is 5.73 Å². The summed E-state index contributed by atoms with van der Waals surface area (Å²) in [4.78, 5) is 0.308. The van der Waals surface area contributed by atoms with Gasteiger partial charge in [-0.2, -0.15) is 0 Å². The van der Waals surface area contributed by atoms with Crippen molar-refractivity contribution in [2.75, 3.05) is 0 Å². The summed E-state index contributed by atoms with van der Waals surface area (Å²) in [5.74, 6) is 0. The number of hydrogen-bond acceptors (Lipinski definition) is 3. The van der Waals surface area contributed by atoms with E-state index in [1.54, 1.807) is 12.1 Å². The normalized spacial score (nSPS) is 13.6. The van der Waals surface area contributed by atoms with E-state index >= 15 is 0 Å². The third-order valence-electron chi connectivity index (χ3n) is 5.40. The summed E-state index contributed by atoms with van der Waals surface area (Å²) >= 11 is 0. The Bertz CT molecular complexity index is 1040. The van der Waals surface area contributed by atoms with E-state index in [-0.39, 0.29) is 0 Å². The minimum Gasteiger partial charge on any atom is -0.322 e. The first-order valence-corrected chi connectivity index (χ1v) is 12.4. The van der Waals surface area contributed by atoms with Crippen molar-refractivity contribution in [3.63, 3.8) is 0 Å². The maximum Gasteiger partial charge on any atom is 0.241 e. The van der Waals surface area contributed by atoms with Crippen molar-refractivity contribution >= 4 is 10.0 Å². The van der Waals surface area contributed by atoms with Crippen LogP contribution in [-0.4, -0.2) is 8.42 Å². The van der Waals surface area contributed by atoms with Crippen LogP contribution in [0.4, 0.5) is 0 Å². The van der Waals surface area contributed by atoms with Gasteiger partial charge in [0.25, 0.3) is 0 Å². The van der Waals surface area contributed by atoms with Gasteiger partial charge in [0, 0.05) is 0 Å². The molecule has 3 rings (SSSR count). The van der Waals surface area contributed by atoms with E-state index in [2.05, 4.69) is 24.6 Å². The van der Waals surface area contributed by atoms with Gasteiger partial charge in [-0.05, 0) is 47.2 Å². The van der Waals surface area contributed by atoms with Crippen LogP contribution in [0.5, 0.6) is 0 Å². The molecule has 0 saturated carbocycles. The second-order valence-corrected chi connectivity index (χ2v) is 9.65. The van der Waals surface area contributed by atoms with Crippen LogP contribution in [0.3, 0.4) is 0 Å². The van der Waals surface area contributed by atoms with Crippen LogP contribution < -0.4 is 10.5 Å². The molecule has 0 aromatic heterocycles. The van der Waals surface area contributed by atoms with Crippen LogP contribution in [0.25, 0.3) is 0 Å². The topological polar surface area (TPSA) is 72.2 Å². The number of benzene rings is 3. The number of nitrogens with one attached hydrogen (secondary N) is 1. The zero-order chi connectivity index (χ0) is 22.3. The van der Waals surface area contributed by atoms with Crippen LogP contribution in [0.2, 0.25) is 0 Å². The number of rotatable bonds is 10. The van der Waals surface area contributed by atoms with E-state index in [0.717, 1.165) is 47.9 Å². The molecule has 3 aromatic carbocycles. The fourth-order valence-corrected chi connectivity index (χ4v) is 5.23. The summed E-state index contributed by atoms with van der Waals surface area (Å²) in [6.07, 6.45) is 3.64. The highest BCUT2D eigenvalue weighted by Gasteiger charge is 2.28. The van der Waals surface area contributed by atoms with Crippen molar-refractivity contribution in [3.8, 4) is 0 Å². The average Bonchev–Trinajstić information content (AvgIpc) is 2.78. The molecule has 3 N–H and O–H groups in total. The Morgan fingerprint density at radius 3 is 1.74 bits per heavy atom. The molecule has 0 aliphatic heterocycles. The van der Waals surface area contributed by atoms with E-state index in [1.165, 1.54) is 0 Å². The monoisotopic (exact) mass is 436 g/mol. The molecule has 0 heterocycles. The molecule has 0 aliphatic carbocycles. The van der Waals surface area contributed by atoms with Crippen molar-refractivity contribution in [1.29, 1.82) is 0 Å². The molecule has 0 spiro atoms. The predicted molar refractivity (Wildman–Crippen MR) is 127 cm³/mol. The fourth-order valence-electron chi connectivity index (χ4n) is 3.86. The number of aryl methyl sites for hydroxylation is 2. The minimum atomic E-state index is -3.77. The third-order valence-corrected chi connectivity index (χ3v) is 6.82. The molecule has 164 valence electrons. The van der Waals surface area contributed by atoms with E-state index < -0.39 is 22.1 Å². The van der Waals surface area contributed by atoms with Gasteiger partial charge in [0.15, 0.2) is 0 Å². The molecular weight excluding hydrogens is 404 g/mol. The van der Waals surface area contributed by atoms with E-state index in [0.29, 0.717) is 4.90 Å². The molecule has 31 heavy (non-hydrogen) atoms. The molecule has 0 amide bonds. The second-order valence-electron chi connectivity index (χ2n) is 7.93. The standard InChI is InChI=1S/C26H32N2O2S/c1-3-11-20-17-21(12-4-2)19-24(18-20)31(29,30)28-26(23-15-9-6-10-16-23)25(27)22-13-7-5-8-14-22/h5-10,13-19,25-26,28H,3-4,11-12,27H2,1-2H3. The number of sulfonamides is 1. The lowest BCUT2D eigenvalue weighted by atomic mass is 9.95. The molecular formula is C26H32N2O2S. The van der Waals surface area contributed by atoms with Gasteiger partial charge in [0.1, 0.15) is 0 Å². The first-order valence-electron chi connectivity index (χ1n) is 10.9. The van der Waals surface area contributed by atoms with Gasteiger partial charge in [0.05, 0.1) is 17.0 Å². The third kappa shape index (κ3) is 6.03. The summed E-state index contributed by atoms with van der Waals surface area (Å²) in [6, 6.07) is 23.7. The molecule has 5 heteroatoms. The van der Waals surface area contributed by atoms with E-state index in [9.17, 15) is 8.42 Å². The molecule has 3 aromatic rings. The lowest BCUT2D eigenvalue weighted by Gasteiger charge is -2.26. The Kier molecular flexibility index (Phi) is 8.02. The Balaban J connectivity index is 2.00. The molecule has 0 saturated heterocycles. The van der Waals surface area contributed by atoms with Gasteiger partial charge in [-0.25, -0.2) is 13.1 Å². The summed E-state index contributed by atoms with van der Waals surface area (Å²) in [7, 11) is -3.77. The molecule has 0 fully saturated rings. The Hall–Kier alpha value is -2.47. The summed E-state index contributed by atoms with van der Waals surface area (Å²) < 4.78 is 29.9. The minimum absolute atomic E-state index is 0.308. The van der Waals surface area contributed by atoms with Crippen LogP contribution in [0.1, 0.15) is 61.0 Å². The Morgan fingerprint density at radius 2 is 1.26 bits per heavy atom. The Labute approximate surface area is 186 Å². The highest BCUT2D eigenvalue weighted by atomic mass is 32.2. The molecule has 2 unspecified atom stereocenters. The van der Waals surface area contributed by atoms with Crippen LogP contribution >= 0.6 is 0 Å². The number of nitrogens with two attached hydrogens (primary N) is 1. The van der Waals surface area contributed by atoms with Crippen molar-refractivity contribution in [1.82, 2.24) is 4.72 Å². The molecule has 0 radical (unpaired) electrons. The predicted octanol–water partition coefficient (Wildman–Crippen LogP) is 5.31. The highest BCUT2D eigenvalue weighted by molar-refractivity contribution is 7.89. The number of hydrogen-bond donors (Lipinski definition) is 2. The van der Waals surface area contributed by atoms with Gasteiger partial charge >= 0.3 is 0 Å². The zero-order valence-electron chi connectivity index (χ0n) is 18.3. The van der Waals surface area contributed by atoms with Crippen LogP contribution in [0, 0.1) is 0 Å². The smallest absolute Gasteiger partial charge is 0.241 e. The average molecular weight is 437 g/mol. The molecule has 4 nitrogen and oxygen atoms in total. The lowest BCUT2D eigenvalue weighted by molar-refractivity contribution is 0.504. The van der Waals surface area contributed by atoms with Gasteiger partial charge in [-0.3, -0.25) is 0 Å². The second kappa shape index (κ2) is 10.7. The lowest BCUT2D eigenvalue weighted by Crippen LogP contribution is -2.36. The van der Waals surface area contributed by atoms with E-state index in [1.807, 2.05) is 60.7 Å². The first-order chi connectivity index (χ1) is 14.9. The zero-order valence-corrected chi connectivity index (χ0v) is 19.1. The quantitative estimate of drug-likeness (QED) is 0.452. The summed E-state index contributed by atoms with van der Waals surface area (Å²) in [6.45, 7) is 4.20. The van der Waals surface area contributed by atoms with Crippen molar-refractivity contribution < 1.29 is 8.42 Å². The van der Waals surface area contributed by atoms with Gasteiger partial charge in [0.2, 0.25) is 10.0 Å².